The van der Waals surface area contributed by atoms with Gasteiger partial charge >= 0.3 is 0 Å². The lowest BCUT2D eigenvalue weighted by molar-refractivity contribution is -0.129. The third-order valence-corrected chi connectivity index (χ3v) is 4.45. The Morgan fingerprint density at radius 1 is 0.931 bits per heavy atom. The van der Waals surface area contributed by atoms with Crippen LogP contribution in [0.25, 0.3) is 0 Å². The second kappa shape index (κ2) is 19.8. The Balaban J connectivity index is 0. The third kappa shape index (κ3) is 15.1. The number of carbonyl (C=O) groups is 3. The molecule has 0 heterocycles. The second-order valence-corrected chi connectivity index (χ2v) is 6.81. The van der Waals surface area contributed by atoms with Gasteiger partial charge in [0.15, 0.2) is 5.78 Å². The lowest BCUT2D eigenvalue weighted by Crippen LogP contribution is -2.42. The minimum atomic E-state index is -0.0651. The number of methoxy groups -OCH3 is 1. The monoisotopic (exact) mass is 416 g/mol. The normalized spacial score (nSPS) is 17.9. The van der Waals surface area contributed by atoms with Crippen molar-refractivity contribution in [1.82, 2.24) is 10.6 Å². The molecule has 1 rings (SSSR count). The van der Waals surface area contributed by atoms with Crippen LogP contribution in [0.2, 0.25) is 0 Å². The van der Waals surface area contributed by atoms with Gasteiger partial charge in [0.05, 0.1) is 26.4 Å². The molecule has 29 heavy (non-hydrogen) atoms. The maximum absolute atomic E-state index is 12.1. The van der Waals surface area contributed by atoms with Gasteiger partial charge in [-0.2, -0.15) is 0 Å². The van der Waals surface area contributed by atoms with Crippen LogP contribution in [0.3, 0.4) is 0 Å². The number of amides is 2. The maximum atomic E-state index is 12.1. The highest BCUT2D eigenvalue weighted by Crippen LogP contribution is 2.24. The van der Waals surface area contributed by atoms with E-state index in [2.05, 4.69) is 10.6 Å². The van der Waals surface area contributed by atoms with Gasteiger partial charge in [-0.25, -0.2) is 0 Å². The SMILES string of the molecule is CC.CC.COCCOCCC(=O)NC1CCC(C(=O)NCC(=O)C(C)C)CC1. The van der Waals surface area contributed by atoms with Gasteiger partial charge in [-0.15, -0.1) is 0 Å². The average molecular weight is 417 g/mol. The van der Waals surface area contributed by atoms with Gasteiger partial charge in [0, 0.05) is 31.4 Å². The molecule has 1 saturated carbocycles. The summed E-state index contributed by atoms with van der Waals surface area (Å²) in [6.45, 7) is 13.2. The summed E-state index contributed by atoms with van der Waals surface area (Å²) in [5.74, 6) is -0.157. The first-order chi connectivity index (χ1) is 13.9. The molecule has 0 aromatic carbocycles. The topological polar surface area (TPSA) is 93.7 Å². The average Bonchev–Trinajstić information content (AvgIpc) is 2.75. The molecule has 0 unspecified atom stereocenters. The van der Waals surface area contributed by atoms with Gasteiger partial charge in [0.1, 0.15) is 0 Å². The summed E-state index contributed by atoms with van der Waals surface area (Å²) < 4.78 is 10.1. The summed E-state index contributed by atoms with van der Waals surface area (Å²) in [6, 6.07) is 0.118. The Bertz CT molecular complexity index is 433. The molecule has 172 valence electrons. The minimum absolute atomic E-state index is 0.0205. The quantitative estimate of drug-likeness (QED) is 0.505. The van der Waals surface area contributed by atoms with Crippen molar-refractivity contribution in [2.24, 2.45) is 11.8 Å². The Morgan fingerprint density at radius 2 is 1.52 bits per heavy atom. The van der Waals surface area contributed by atoms with Crippen LogP contribution in [0.5, 0.6) is 0 Å². The van der Waals surface area contributed by atoms with Crippen LogP contribution >= 0.6 is 0 Å². The highest BCUT2D eigenvalue weighted by molar-refractivity contribution is 5.88. The van der Waals surface area contributed by atoms with Gasteiger partial charge in [-0.1, -0.05) is 41.5 Å². The predicted molar refractivity (Wildman–Crippen MR) is 117 cm³/mol. The summed E-state index contributed by atoms with van der Waals surface area (Å²) in [5.41, 5.74) is 0. The lowest BCUT2D eigenvalue weighted by atomic mass is 9.85. The van der Waals surface area contributed by atoms with E-state index in [-0.39, 0.29) is 42.0 Å². The van der Waals surface area contributed by atoms with E-state index in [0.717, 1.165) is 25.7 Å². The number of hydrogen-bond donors (Lipinski definition) is 2. The molecular weight excluding hydrogens is 372 g/mol. The van der Waals surface area contributed by atoms with Crippen LogP contribution < -0.4 is 10.6 Å². The number of ether oxygens (including phenoxy) is 2. The predicted octanol–water partition coefficient (Wildman–Crippen LogP) is 3.11. The summed E-state index contributed by atoms with van der Waals surface area (Å²) >= 11 is 0. The van der Waals surface area contributed by atoms with E-state index in [9.17, 15) is 14.4 Å². The first-order valence-electron chi connectivity index (χ1n) is 11.1. The molecule has 1 fully saturated rings. The first-order valence-corrected chi connectivity index (χ1v) is 11.1. The van der Waals surface area contributed by atoms with E-state index in [4.69, 9.17) is 9.47 Å². The van der Waals surface area contributed by atoms with Crippen molar-refractivity contribution in [2.45, 2.75) is 79.7 Å². The molecule has 0 bridgehead atoms. The lowest BCUT2D eigenvalue weighted by Gasteiger charge is -2.28. The van der Waals surface area contributed by atoms with E-state index >= 15 is 0 Å². The molecule has 0 aromatic rings. The van der Waals surface area contributed by atoms with Crippen LogP contribution in [0.4, 0.5) is 0 Å². The Morgan fingerprint density at radius 3 is 2.03 bits per heavy atom. The fourth-order valence-corrected chi connectivity index (χ4v) is 2.73. The Hall–Kier alpha value is -1.47. The standard InChI is InChI=1S/C18H32N2O5.2C2H6/c1-13(2)16(21)12-19-18(23)14-4-6-15(7-5-14)20-17(22)8-9-25-11-10-24-3;2*1-2/h13-15H,4-12H2,1-3H3,(H,19,23)(H,20,22);2*1-2H3. The van der Waals surface area contributed by atoms with Crippen LogP contribution in [0.15, 0.2) is 0 Å². The zero-order valence-electron chi connectivity index (χ0n) is 19.6. The molecule has 0 spiro atoms. The van der Waals surface area contributed by atoms with Gasteiger partial charge in [-0.3, -0.25) is 14.4 Å². The molecule has 1 aliphatic carbocycles. The van der Waals surface area contributed by atoms with Crippen molar-refractivity contribution >= 4 is 17.6 Å². The van der Waals surface area contributed by atoms with E-state index in [1.807, 2.05) is 41.5 Å². The molecule has 2 amide bonds. The van der Waals surface area contributed by atoms with E-state index in [1.54, 1.807) is 7.11 Å². The van der Waals surface area contributed by atoms with Crippen molar-refractivity contribution in [1.29, 1.82) is 0 Å². The number of ketones is 1. The largest absolute Gasteiger partial charge is 0.382 e. The number of nitrogens with one attached hydrogen (secondary N) is 2. The fraction of sp³-hybridized carbons (Fsp3) is 0.864. The van der Waals surface area contributed by atoms with Crippen molar-refractivity contribution < 1.29 is 23.9 Å². The molecule has 0 aliphatic heterocycles. The van der Waals surface area contributed by atoms with Gasteiger partial charge in [-0.05, 0) is 25.7 Å². The van der Waals surface area contributed by atoms with Gasteiger partial charge in [0.25, 0.3) is 0 Å². The Kier molecular flexibility index (Phi) is 20.3. The molecule has 1 aliphatic rings. The summed E-state index contributed by atoms with van der Waals surface area (Å²) in [4.78, 5) is 35.5. The molecule has 7 heteroatoms. The summed E-state index contributed by atoms with van der Waals surface area (Å²) in [5, 5.41) is 5.73. The van der Waals surface area contributed by atoms with Crippen LogP contribution in [-0.2, 0) is 23.9 Å². The highest BCUT2D eigenvalue weighted by atomic mass is 16.5. The molecular formula is C22H44N2O5. The molecule has 0 saturated heterocycles. The summed E-state index contributed by atoms with van der Waals surface area (Å²) in [7, 11) is 1.61. The number of hydrogen-bond acceptors (Lipinski definition) is 5. The molecule has 0 atom stereocenters. The highest BCUT2D eigenvalue weighted by Gasteiger charge is 2.27. The smallest absolute Gasteiger partial charge is 0.223 e. The maximum Gasteiger partial charge on any atom is 0.223 e. The van der Waals surface area contributed by atoms with Crippen LogP contribution in [0, 0.1) is 11.8 Å². The number of Topliss-reactive ketones (excluding diaryl/α,β-unsaturated/α-hetero) is 1. The molecule has 7 nitrogen and oxygen atoms in total. The zero-order valence-corrected chi connectivity index (χ0v) is 19.6. The van der Waals surface area contributed by atoms with E-state index in [0.29, 0.717) is 26.2 Å². The zero-order chi connectivity index (χ0) is 22.7. The third-order valence-electron chi connectivity index (χ3n) is 4.45. The van der Waals surface area contributed by atoms with Crippen LogP contribution in [-0.4, -0.2) is 57.1 Å². The number of rotatable bonds is 11. The van der Waals surface area contributed by atoms with Gasteiger partial charge in [0.2, 0.25) is 11.8 Å². The minimum Gasteiger partial charge on any atom is -0.382 e. The molecule has 0 radical (unpaired) electrons. The second-order valence-electron chi connectivity index (χ2n) is 6.81. The first kappa shape index (κ1) is 29.7. The Labute approximate surface area is 177 Å². The van der Waals surface area contributed by atoms with E-state index in [1.165, 1.54) is 0 Å². The van der Waals surface area contributed by atoms with Crippen molar-refractivity contribution in [2.75, 3.05) is 33.5 Å². The number of carbonyl (C=O) groups excluding carboxylic acids is 3. The van der Waals surface area contributed by atoms with E-state index < -0.39 is 0 Å². The van der Waals surface area contributed by atoms with Crippen molar-refractivity contribution in [3.63, 3.8) is 0 Å². The van der Waals surface area contributed by atoms with Crippen molar-refractivity contribution in [3.8, 4) is 0 Å². The molecule has 2 N–H and O–H groups in total. The summed E-state index contributed by atoms with van der Waals surface area (Å²) in [6.07, 6.45) is 3.37. The van der Waals surface area contributed by atoms with Crippen LogP contribution in [0.1, 0.15) is 73.6 Å². The van der Waals surface area contributed by atoms with Crippen molar-refractivity contribution in [3.05, 3.63) is 0 Å². The fourth-order valence-electron chi connectivity index (χ4n) is 2.73. The van der Waals surface area contributed by atoms with Gasteiger partial charge < -0.3 is 20.1 Å². The molecule has 0 aromatic heterocycles.